The summed E-state index contributed by atoms with van der Waals surface area (Å²) in [6, 6.07) is 2.51. The number of carbonyl (C=O) groups excluding carboxylic acids is 2. The van der Waals surface area contributed by atoms with Gasteiger partial charge in [-0.05, 0) is 25.3 Å². The van der Waals surface area contributed by atoms with E-state index in [0.717, 1.165) is 17.8 Å². The van der Waals surface area contributed by atoms with Crippen LogP contribution in [0, 0.1) is 5.82 Å². The molecule has 0 heterocycles. The van der Waals surface area contributed by atoms with Crippen LogP contribution in [0.25, 0.3) is 0 Å². The van der Waals surface area contributed by atoms with Crippen molar-refractivity contribution in [1.29, 1.82) is 0 Å². The number of halogens is 2. The first-order valence-electron chi connectivity index (χ1n) is 4.75. The molecule has 0 aliphatic heterocycles. The van der Waals surface area contributed by atoms with Crippen LogP contribution in [-0.4, -0.2) is 24.6 Å². The van der Waals surface area contributed by atoms with E-state index >= 15 is 0 Å². The highest BCUT2D eigenvalue weighted by molar-refractivity contribution is 7.98. The van der Waals surface area contributed by atoms with E-state index in [1.165, 1.54) is 6.07 Å². The van der Waals surface area contributed by atoms with Gasteiger partial charge in [0.1, 0.15) is 5.82 Å². The molecule has 92 valence electrons. The van der Waals surface area contributed by atoms with Crippen molar-refractivity contribution >= 4 is 35.1 Å². The molecular formula is C11H10ClFO3S. The Labute approximate surface area is 107 Å². The van der Waals surface area contributed by atoms with Crippen molar-refractivity contribution in [3.05, 3.63) is 28.5 Å². The van der Waals surface area contributed by atoms with Gasteiger partial charge in [-0.3, -0.25) is 4.79 Å². The van der Waals surface area contributed by atoms with E-state index in [9.17, 15) is 14.0 Å². The van der Waals surface area contributed by atoms with Crippen LogP contribution < -0.4 is 0 Å². The average Bonchev–Trinajstić information content (AvgIpc) is 2.31. The van der Waals surface area contributed by atoms with E-state index in [4.69, 9.17) is 11.6 Å². The van der Waals surface area contributed by atoms with Crippen molar-refractivity contribution in [3.63, 3.8) is 0 Å². The van der Waals surface area contributed by atoms with E-state index in [2.05, 4.69) is 4.74 Å². The molecule has 0 saturated carbocycles. The SMILES string of the molecule is CCOC(=O)C(=O)c1cc(Cl)cc(SC)c1F. The topological polar surface area (TPSA) is 43.4 Å². The van der Waals surface area contributed by atoms with Crippen molar-refractivity contribution in [3.8, 4) is 0 Å². The molecule has 6 heteroatoms. The second-order valence-electron chi connectivity index (χ2n) is 3.02. The van der Waals surface area contributed by atoms with Crippen molar-refractivity contribution in [2.45, 2.75) is 11.8 Å². The summed E-state index contributed by atoms with van der Waals surface area (Å²) in [5.41, 5.74) is -0.361. The van der Waals surface area contributed by atoms with Gasteiger partial charge in [-0.25, -0.2) is 9.18 Å². The second-order valence-corrected chi connectivity index (χ2v) is 4.30. The molecule has 1 aromatic rings. The number of carbonyl (C=O) groups is 2. The zero-order valence-corrected chi connectivity index (χ0v) is 10.8. The lowest BCUT2D eigenvalue weighted by Crippen LogP contribution is -2.19. The van der Waals surface area contributed by atoms with Gasteiger partial charge in [-0.1, -0.05) is 11.6 Å². The summed E-state index contributed by atoms with van der Waals surface area (Å²) < 4.78 is 18.3. The lowest BCUT2D eigenvalue weighted by molar-refractivity contribution is -0.137. The fraction of sp³-hybridized carbons (Fsp3) is 0.273. The highest BCUT2D eigenvalue weighted by atomic mass is 35.5. The Morgan fingerprint density at radius 3 is 2.65 bits per heavy atom. The molecule has 0 aromatic heterocycles. The summed E-state index contributed by atoms with van der Waals surface area (Å²) in [6.45, 7) is 1.62. The van der Waals surface area contributed by atoms with Crippen LogP contribution in [-0.2, 0) is 9.53 Å². The highest BCUT2D eigenvalue weighted by Crippen LogP contribution is 2.27. The first-order valence-corrected chi connectivity index (χ1v) is 6.36. The molecule has 0 fully saturated rings. The standard InChI is InChI=1S/C11H10ClFO3S/c1-3-16-11(15)10(14)7-4-6(12)5-8(17-2)9(7)13/h4-5H,3H2,1-2H3. The van der Waals surface area contributed by atoms with Gasteiger partial charge in [0.25, 0.3) is 5.78 Å². The van der Waals surface area contributed by atoms with Crippen LogP contribution in [0.5, 0.6) is 0 Å². The predicted molar refractivity (Wildman–Crippen MR) is 64.2 cm³/mol. The zero-order valence-electron chi connectivity index (χ0n) is 9.25. The molecule has 0 radical (unpaired) electrons. The van der Waals surface area contributed by atoms with E-state index in [1.807, 2.05) is 0 Å². The summed E-state index contributed by atoms with van der Waals surface area (Å²) in [7, 11) is 0. The highest BCUT2D eigenvalue weighted by Gasteiger charge is 2.23. The fourth-order valence-electron chi connectivity index (χ4n) is 1.18. The number of rotatable bonds is 4. The first kappa shape index (κ1) is 14.0. The van der Waals surface area contributed by atoms with Crippen LogP contribution >= 0.6 is 23.4 Å². The van der Waals surface area contributed by atoms with E-state index < -0.39 is 17.6 Å². The third kappa shape index (κ3) is 3.20. The van der Waals surface area contributed by atoms with Gasteiger partial charge in [0.15, 0.2) is 0 Å². The minimum absolute atomic E-state index is 0.0577. The Morgan fingerprint density at radius 2 is 2.12 bits per heavy atom. The number of benzene rings is 1. The lowest BCUT2D eigenvalue weighted by atomic mass is 10.1. The van der Waals surface area contributed by atoms with Gasteiger partial charge in [-0.2, -0.15) is 0 Å². The summed E-state index contributed by atoms with van der Waals surface area (Å²) in [5, 5.41) is 0.198. The molecule has 0 unspecified atom stereocenters. The molecular weight excluding hydrogens is 267 g/mol. The van der Waals surface area contributed by atoms with Gasteiger partial charge in [0.05, 0.1) is 12.2 Å². The Balaban J connectivity index is 3.17. The third-order valence-electron chi connectivity index (χ3n) is 1.93. The molecule has 0 aliphatic carbocycles. The minimum atomic E-state index is -1.08. The summed E-state index contributed by atoms with van der Waals surface area (Å²) in [5.74, 6) is -2.86. The molecule has 0 N–H and O–H groups in total. The van der Waals surface area contributed by atoms with Gasteiger partial charge < -0.3 is 4.74 Å². The monoisotopic (exact) mass is 276 g/mol. The number of ketones is 1. The van der Waals surface area contributed by atoms with Crippen LogP contribution in [0.1, 0.15) is 17.3 Å². The average molecular weight is 277 g/mol. The number of hydrogen-bond donors (Lipinski definition) is 0. The van der Waals surface area contributed by atoms with Crippen LogP contribution in [0.15, 0.2) is 17.0 Å². The number of thioether (sulfide) groups is 1. The quantitative estimate of drug-likeness (QED) is 0.367. The van der Waals surface area contributed by atoms with E-state index in [-0.39, 0.29) is 22.1 Å². The minimum Gasteiger partial charge on any atom is -0.460 e. The Hall–Kier alpha value is -1.07. The number of Topliss-reactive ketones (excluding diaryl/α,β-unsaturated/α-hetero) is 1. The van der Waals surface area contributed by atoms with Crippen molar-refractivity contribution in [1.82, 2.24) is 0 Å². The third-order valence-corrected chi connectivity index (χ3v) is 2.88. The Morgan fingerprint density at radius 1 is 1.47 bits per heavy atom. The molecule has 3 nitrogen and oxygen atoms in total. The molecule has 1 rings (SSSR count). The first-order chi connectivity index (χ1) is 8.01. The number of ether oxygens (including phenoxy) is 1. The number of esters is 1. The molecule has 0 bridgehead atoms. The van der Waals surface area contributed by atoms with Crippen molar-refractivity contribution < 1.29 is 18.7 Å². The van der Waals surface area contributed by atoms with Gasteiger partial charge in [0.2, 0.25) is 0 Å². The van der Waals surface area contributed by atoms with Crippen molar-refractivity contribution in [2.24, 2.45) is 0 Å². The van der Waals surface area contributed by atoms with Crippen molar-refractivity contribution in [2.75, 3.05) is 12.9 Å². The predicted octanol–water partition coefficient (Wildman–Crippen LogP) is 2.95. The largest absolute Gasteiger partial charge is 0.460 e. The zero-order chi connectivity index (χ0) is 13.0. The molecule has 0 aliphatic rings. The maximum absolute atomic E-state index is 13.8. The van der Waals surface area contributed by atoms with Gasteiger partial charge in [-0.15, -0.1) is 11.8 Å². The fourth-order valence-corrected chi connectivity index (χ4v) is 2.00. The molecule has 1 aromatic carbocycles. The Kier molecular flexibility index (Phi) is 4.96. The molecule has 0 saturated heterocycles. The van der Waals surface area contributed by atoms with Crippen LogP contribution in [0.3, 0.4) is 0 Å². The van der Waals surface area contributed by atoms with E-state index in [1.54, 1.807) is 13.2 Å². The molecule has 17 heavy (non-hydrogen) atoms. The maximum atomic E-state index is 13.8. The summed E-state index contributed by atoms with van der Waals surface area (Å²) in [4.78, 5) is 23.0. The molecule has 0 amide bonds. The van der Waals surface area contributed by atoms with Crippen LogP contribution in [0.2, 0.25) is 5.02 Å². The van der Waals surface area contributed by atoms with Gasteiger partial charge in [0, 0.05) is 9.92 Å². The van der Waals surface area contributed by atoms with Gasteiger partial charge >= 0.3 is 5.97 Å². The van der Waals surface area contributed by atoms with Crippen LogP contribution in [0.4, 0.5) is 4.39 Å². The number of hydrogen-bond acceptors (Lipinski definition) is 4. The summed E-state index contributed by atoms with van der Waals surface area (Å²) in [6.07, 6.45) is 1.65. The lowest BCUT2D eigenvalue weighted by Gasteiger charge is -2.06. The normalized spacial score (nSPS) is 10.1. The molecule has 0 spiro atoms. The second kappa shape index (κ2) is 6.02. The smallest absolute Gasteiger partial charge is 0.379 e. The Bertz CT molecular complexity index is 462. The maximum Gasteiger partial charge on any atom is 0.379 e. The summed E-state index contributed by atoms with van der Waals surface area (Å²) >= 11 is 6.84. The van der Waals surface area contributed by atoms with E-state index in [0.29, 0.717) is 0 Å². The molecule has 0 atom stereocenters.